The van der Waals surface area contributed by atoms with Crippen LogP contribution in [0.4, 0.5) is 0 Å². The van der Waals surface area contributed by atoms with Gasteiger partial charge < -0.3 is 20.3 Å². The third-order valence-corrected chi connectivity index (χ3v) is 4.61. The van der Waals surface area contributed by atoms with E-state index in [0.29, 0.717) is 10.6 Å². The number of nitrogens with zero attached hydrogens (tertiary/aromatic N) is 1. The van der Waals surface area contributed by atoms with Crippen LogP contribution in [0.25, 0.3) is 22.0 Å². The van der Waals surface area contributed by atoms with Crippen molar-refractivity contribution < 1.29 is 19.5 Å². The molecule has 0 saturated heterocycles. The topological polar surface area (TPSA) is 100 Å². The van der Waals surface area contributed by atoms with Crippen LogP contribution in [0.3, 0.4) is 0 Å². The number of hydrogen-bond donors (Lipinski definition) is 3. The predicted octanol–water partition coefficient (Wildman–Crippen LogP) is 2.52. The molecule has 3 N–H and O–H groups in total. The third-order valence-electron chi connectivity index (χ3n) is 4.29. The molecule has 0 fully saturated rings. The number of benzene rings is 2. The molecule has 28 heavy (non-hydrogen) atoms. The lowest BCUT2D eigenvalue weighted by Crippen LogP contribution is -2.31. The Labute approximate surface area is 165 Å². The maximum atomic E-state index is 11.9. The third kappa shape index (κ3) is 4.15. The smallest absolute Gasteiger partial charge is 0.322 e. The molecule has 7 nitrogen and oxygen atoms in total. The molecular weight excluding hydrogens is 382 g/mol. The molecule has 1 aromatic heterocycles. The van der Waals surface area contributed by atoms with Gasteiger partial charge in [0.05, 0.1) is 0 Å². The van der Waals surface area contributed by atoms with E-state index in [1.165, 1.54) is 0 Å². The van der Waals surface area contributed by atoms with E-state index in [2.05, 4.69) is 10.6 Å². The number of halogens is 1. The van der Waals surface area contributed by atoms with E-state index >= 15 is 0 Å². The molecule has 2 amide bonds. The number of carboxylic acids is 1. The fraction of sp³-hybridized carbons (Fsp3) is 0.150. The predicted molar refractivity (Wildman–Crippen MR) is 106 cm³/mol. The second kappa shape index (κ2) is 8.14. The van der Waals surface area contributed by atoms with Crippen molar-refractivity contribution in [2.45, 2.75) is 6.54 Å². The van der Waals surface area contributed by atoms with E-state index in [1.54, 1.807) is 36.0 Å². The summed E-state index contributed by atoms with van der Waals surface area (Å²) in [6, 6.07) is 12.7. The number of hydrogen-bond acceptors (Lipinski definition) is 3. The molecule has 0 atom stereocenters. The Morgan fingerprint density at radius 3 is 2.57 bits per heavy atom. The summed E-state index contributed by atoms with van der Waals surface area (Å²) in [4.78, 5) is 34.3. The number of amides is 2. The zero-order valence-corrected chi connectivity index (χ0v) is 15.8. The summed E-state index contributed by atoms with van der Waals surface area (Å²) in [5.74, 6) is -1.70. The minimum atomic E-state index is -1.09. The fourth-order valence-electron chi connectivity index (χ4n) is 2.91. The zero-order chi connectivity index (χ0) is 20.3. The Morgan fingerprint density at radius 1 is 1.11 bits per heavy atom. The summed E-state index contributed by atoms with van der Waals surface area (Å²) in [5.41, 5.74) is 2.89. The number of carbonyl (C=O) groups is 3. The largest absolute Gasteiger partial charge is 0.480 e. The average molecular weight is 400 g/mol. The van der Waals surface area contributed by atoms with Crippen molar-refractivity contribution in [3.63, 3.8) is 0 Å². The standard InChI is InChI=1S/C20H18ClN3O4/c1-22-20(28)14-4-5-15(16(21)8-14)13-3-2-12-6-7-24(17(12)9-13)11-18(25)23-10-19(26)27/h2-9H,10-11H2,1H3,(H,22,28)(H,23,25)(H,26,27). The molecule has 3 rings (SSSR count). The molecule has 3 aromatic rings. The van der Waals surface area contributed by atoms with Gasteiger partial charge in [0.15, 0.2) is 0 Å². The molecule has 0 aliphatic rings. The summed E-state index contributed by atoms with van der Waals surface area (Å²) < 4.78 is 1.74. The highest BCUT2D eigenvalue weighted by Crippen LogP contribution is 2.31. The number of carboxylic acid groups (broad SMARTS) is 1. The van der Waals surface area contributed by atoms with Gasteiger partial charge in [-0.3, -0.25) is 14.4 Å². The molecule has 0 aliphatic heterocycles. The van der Waals surface area contributed by atoms with Crippen molar-refractivity contribution in [2.75, 3.05) is 13.6 Å². The Morgan fingerprint density at radius 2 is 1.89 bits per heavy atom. The van der Waals surface area contributed by atoms with Gasteiger partial charge in [-0.05, 0) is 35.2 Å². The van der Waals surface area contributed by atoms with Crippen molar-refractivity contribution in [3.8, 4) is 11.1 Å². The van der Waals surface area contributed by atoms with Crippen molar-refractivity contribution in [3.05, 3.63) is 59.2 Å². The van der Waals surface area contributed by atoms with Gasteiger partial charge in [-0.1, -0.05) is 29.8 Å². The minimum Gasteiger partial charge on any atom is -0.480 e. The lowest BCUT2D eigenvalue weighted by atomic mass is 10.0. The maximum absolute atomic E-state index is 11.9. The number of aliphatic carboxylic acids is 1. The van der Waals surface area contributed by atoms with Crippen molar-refractivity contribution in [2.24, 2.45) is 0 Å². The van der Waals surface area contributed by atoms with E-state index in [1.807, 2.05) is 24.3 Å². The molecule has 1 heterocycles. The van der Waals surface area contributed by atoms with Crippen LogP contribution in [0.1, 0.15) is 10.4 Å². The van der Waals surface area contributed by atoms with Crippen LogP contribution in [0.15, 0.2) is 48.7 Å². The van der Waals surface area contributed by atoms with Crippen LogP contribution >= 0.6 is 11.6 Å². The Balaban J connectivity index is 1.91. The number of carbonyl (C=O) groups excluding carboxylic acids is 2. The van der Waals surface area contributed by atoms with Gasteiger partial charge in [-0.25, -0.2) is 0 Å². The molecule has 0 spiro atoms. The van der Waals surface area contributed by atoms with E-state index in [0.717, 1.165) is 22.0 Å². The number of rotatable bonds is 6. The summed E-state index contributed by atoms with van der Waals surface area (Å²) in [7, 11) is 1.55. The van der Waals surface area contributed by atoms with E-state index in [-0.39, 0.29) is 12.5 Å². The van der Waals surface area contributed by atoms with E-state index < -0.39 is 18.4 Å². The summed E-state index contributed by atoms with van der Waals surface area (Å²) in [5, 5.41) is 14.9. The molecule has 0 radical (unpaired) electrons. The van der Waals surface area contributed by atoms with Gasteiger partial charge in [0, 0.05) is 34.9 Å². The summed E-state index contributed by atoms with van der Waals surface area (Å²) >= 11 is 6.38. The van der Waals surface area contributed by atoms with Gasteiger partial charge in [-0.15, -0.1) is 0 Å². The lowest BCUT2D eigenvalue weighted by molar-refractivity contribution is -0.138. The molecule has 144 valence electrons. The lowest BCUT2D eigenvalue weighted by Gasteiger charge is -2.09. The van der Waals surface area contributed by atoms with Crippen LogP contribution in [0, 0.1) is 0 Å². The van der Waals surface area contributed by atoms with E-state index in [4.69, 9.17) is 16.7 Å². The van der Waals surface area contributed by atoms with Gasteiger partial charge in [-0.2, -0.15) is 0 Å². The molecule has 2 aromatic carbocycles. The van der Waals surface area contributed by atoms with Crippen molar-refractivity contribution in [1.29, 1.82) is 0 Å². The molecule has 0 unspecified atom stereocenters. The molecule has 8 heteroatoms. The summed E-state index contributed by atoms with van der Waals surface area (Å²) in [6.07, 6.45) is 1.77. The first kappa shape index (κ1) is 19.4. The average Bonchev–Trinajstić information content (AvgIpc) is 3.07. The van der Waals surface area contributed by atoms with Gasteiger partial charge >= 0.3 is 5.97 Å². The highest BCUT2D eigenvalue weighted by atomic mass is 35.5. The normalized spacial score (nSPS) is 10.6. The van der Waals surface area contributed by atoms with Crippen LogP contribution < -0.4 is 10.6 Å². The Kier molecular flexibility index (Phi) is 5.65. The first-order chi connectivity index (χ1) is 13.4. The monoisotopic (exact) mass is 399 g/mol. The fourth-order valence-corrected chi connectivity index (χ4v) is 3.20. The molecule has 0 aliphatic carbocycles. The highest BCUT2D eigenvalue weighted by molar-refractivity contribution is 6.33. The number of fused-ring (bicyclic) bond motifs is 1. The summed E-state index contributed by atoms with van der Waals surface area (Å²) in [6.45, 7) is -0.417. The SMILES string of the molecule is CNC(=O)c1ccc(-c2ccc3ccn(CC(=O)NCC(=O)O)c3c2)c(Cl)c1. The van der Waals surface area contributed by atoms with Crippen molar-refractivity contribution >= 4 is 40.3 Å². The van der Waals surface area contributed by atoms with E-state index in [9.17, 15) is 14.4 Å². The first-order valence-electron chi connectivity index (χ1n) is 8.48. The molecule has 0 saturated carbocycles. The maximum Gasteiger partial charge on any atom is 0.322 e. The van der Waals surface area contributed by atoms with Crippen LogP contribution in [-0.4, -0.2) is 41.0 Å². The highest BCUT2D eigenvalue weighted by Gasteiger charge is 2.12. The van der Waals surface area contributed by atoms with Crippen LogP contribution in [-0.2, 0) is 16.1 Å². The second-order valence-corrected chi connectivity index (χ2v) is 6.57. The zero-order valence-electron chi connectivity index (χ0n) is 15.0. The van der Waals surface area contributed by atoms with Crippen LogP contribution in [0.5, 0.6) is 0 Å². The number of aromatic nitrogens is 1. The van der Waals surface area contributed by atoms with Gasteiger partial charge in [0.2, 0.25) is 5.91 Å². The van der Waals surface area contributed by atoms with Gasteiger partial charge in [0.25, 0.3) is 5.91 Å². The quantitative estimate of drug-likeness (QED) is 0.593. The Hall–Kier alpha value is -3.32. The molecular formula is C20H18ClN3O4. The number of nitrogens with one attached hydrogen (secondary N) is 2. The first-order valence-corrected chi connectivity index (χ1v) is 8.86. The Bertz CT molecular complexity index is 1070. The van der Waals surface area contributed by atoms with Crippen LogP contribution in [0.2, 0.25) is 5.02 Å². The molecule has 0 bridgehead atoms. The van der Waals surface area contributed by atoms with Gasteiger partial charge in [0.1, 0.15) is 13.1 Å². The second-order valence-electron chi connectivity index (χ2n) is 6.16. The van der Waals surface area contributed by atoms with Crippen molar-refractivity contribution in [1.82, 2.24) is 15.2 Å². The minimum absolute atomic E-state index is 0.00355.